The molecule has 0 N–H and O–H groups in total. The number of hydrogen-bond donors (Lipinski definition) is 0. The van der Waals surface area contributed by atoms with Gasteiger partial charge in [0.2, 0.25) is 9.84 Å². The van der Waals surface area contributed by atoms with Crippen LogP contribution in [0.3, 0.4) is 0 Å². The van der Waals surface area contributed by atoms with Gasteiger partial charge in [0, 0.05) is 17.3 Å². The molecule has 3 aromatic carbocycles. The number of rotatable bonds is 9. The zero-order chi connectivity index (χ0) is 26.4. The molecule has 0 aliphatic carbocycles. The molecule has 0 aliphatic heterocycles. The van der Waals surface area contributed by atoms with E-state index in [0.717, 1.165) is 24.1 Å². The van der Waals surface area contributed by atoms with Gasteiger partial charge < -0.3 is 4.74 Å². The highest BCUT2D eigenvalue weighted by Crippen LogP contribution is 2.31. The molecule has 4 rings (SSSR count). The van der Waals surface area contributed by atoms with Gasteiger partial charge >= 0.3 is 0 Å². The fourth-order valence-corrected chi connectivity index (χ4v) is 4.83. The molecule has 0 amide bonds. The second kappa shape index (κ2) is 11.2. The molecular weight excluding hydrogens is 489 g/mol. The fraction of sp³-hybridized carbons (Fsp3) is 0.172. The number of nitrogens with zero attached hydrogens (tertiary/aromatic N) is 3. The van der Waals surface area contributed by atoms with Crippen molar-refractivity contribution >= 4 is 15.9 Å². The van der Waals surface area contributed by atoms with Gasteiger partial charge in [0.15, 0.2) is 11.6 Å². The molecule has 6 nitrogen and oxygen atoms in total. The monoisotopic (exact) mass is 515 g/mol. The zero-order valence-electron chi connectivity index (χ0n) is 20.6. The van der Waals surface area contributed by atoms with Crippen molar-refractivity contribution in [2.75, 3.05) is 6.61 Å². The van der Waals surface area contributed by atoms with Crippen LogP contribution in [-0.4, -0.2) is 24.8 Å². The Kier molecular flexibility index (Phi) is 7.85. The van der Waals surface area contributed by atoms with E-state index in [-0.39, 0.29) is 10.6 Å². The van der Waals surface area contributed by atoms with E-state index in [0.29, 0.717) is 23.4 Å². The van der Waals surface area contributed by atoms with Gasteiger partial charge in [-0.15, -0.1) is 0 Å². The number of allylic oxidation sites excluding steroid dienone is 1. The van der Waals surface area contributed by atoms with Crippen molar-refractivity contribution in [2.24, 2.45) is 0 Å². The predicted molar refractivity (Wildman–Crippen MR) is 141 cm³/mol. The second-order valence-electron chi connectivity index (χ2n) is 8.50. The van der Waals surface area contributed by atoms with E-state index in [4.69, 9.17) is 4.74 Å². The number of aryl methyl sites for hydroxylation is 1. The average Bonchev–Trinajstić information content (AvgIpc) is 3.33. The van der Waals surface area contributed by atoms with Gasteiger partial charge in [-0.3, -0.25) is 0 Å². The molecule has 0 aliphatic rings. The number of ether oxygens (including phenoxy) is 1. The van der Waals surface area contributed by atoms with E-state index >= 15 is 0 Å². The first-order valence-corrected chi connectivity index (χ1v) is 13.3. The molecule has 0 atom stereocenters. The Labute approximate surface area is 216 Å². The lowest BCUT2D eigenvalue weighted by Gasteiger charge is -2.08. The largest absolute Gasteiger partial charge is 0.491 e. The number of unbranched alkanes of at least 4 members (excludes halogenated alkanes) is 1. The van der Waals surface area contributed by atoms with Gasteiger partial charge in [-0.25, -0.2) is 17.5 Å². The lowest BCUT2D eigenvalue weighted by atomic mass is 10.1. The molecule has 1 heterocycles. The summed E-state index contributed by atoms with van der Waals surface area (Å²) in [4.78, 5) is -0.423. The van der Waals surface area contributed by atoms with Crippen molar-refractivity contribution in [3.05, 3.63) is 101 Å². The van der Waals surface area contributed by atoms with Crippen molar-refractivity contribution in [1.29, 1.82) is 5.26 Å². The topological polar surface area (TPSA) is 85.0 Å². The molecule has 8 heteroatoms. The Bertz CT molecular complexity index is 1570. The van der Waals surface area contributed by atoms with E-state index in [1.807, 2.05) is 50.2 Å². The van der Waals surface area contributed by atoms with E-state index in [2.05, 4.69) is 5.10 Å². The van der Waals surface area contributed by atoms with Crippen molar-refractivity contribution in [3.8, 4) is 28.8 Å². The van der Waals surface area contributed by atoms with Crippen LogP contribution in [0.4, 0.5) is 4.39 Å². The first-order valence-electron chi connectivity index (χ1n) is 11.8. The molecule has 37 heavy (non-hydrogen) atoms. The third-order valence-corrected chi connectivity index (χ3v) is 7.42. The summed E-state index contributed by atoms with van der Waals surface area (Å²) >= 11 is 0. The third kappa shape index (κ3) is 5.79. The number of nitriles is 1. The Morgan fingerprint density at radius 2 is 1.84 bits per heavy atom. The Morgan fingerprint density at radius 3 is 2.49 bits per heavy atom. The molecular formula is C29H26FN3O3S. The summed E-state index contributed by atoms with van der Waals surface area (Å²) in [6.45, 7) is 4.28. The Morgan fingerprint density at radius 1 is 1.11 bits per heavy atom. The molecule has 0 saturated carbocycles. The molecule has 0 bridgehead atoms. The summed E-state index contributed by atoms with van der Waals surface area (Å²) in [5.41, 5.74) is 2.73. The first kappa shape index (κ1) is 25.9. The minimum absolute atomic E-state index is 0.0162. The van der Waals surface area contributed by atoms with Crippen LogP contribution >= 0.6 is 0 Å². The number of sulfone groups is 1. The molecule has 188 valence electrons. The van der Waals surface area contributed by atoms with Gasteiger partial charge in [0.25, 0.3) is 0 Å². The maximum absolute atomic E-state index is 14.9. The minimum atomic E-state index is -4.08. The van der Waals surface area contributed by atoms with Gasteiger partial charge in [0.05, 0.1) is 17.2 Å². The zero-order valence-corrected chi connectivity index (χ0v) is 21.4. The molecule has 0 saturated heterocycles. The number of para-hydroxylation sites is 1. The van der Waals surface area contributed by atoms with E-state index < -0.39 is 20.6 Å². The average molecular weight is 516 g/mol. The SMILES string of the molecule is CCCCOc1ccc(-c2nn(-c3ccccc3)cc2/C=C(\C#N)S(=O)(=O)c2ccc(C)cc2)cc1F. The van der Waals surface area contributed by atoms with E-state index in [1.54, 1.807) is 29.1 Å². The highest BCUT2D eigenvalue weighted by molar-refractivity contribution is 7.95. The normalized spacial score (nSPS) is 11.8. The van der Waals surface area contributed by atoms with Gasteiger partial charge in [-0.2, -0.15) is 10.4 Å². The highest BCUT2D eigenvalue weighted by Gasteiger charge is 2.23. The van der Waals surface area contributed by atoms with Crippen molar-refractivity contribution in [3.63, 3.8) is 0 Å². The summed E-state index contributed by atoms with van der Waals surface area (Å²) in [6, 6.07) is 21.8. The lowest BCUT2D eigenvalue weighted by Crippen LogP contribution is -2.03. The maximum atomic E-state index is 14.9. The van der Waals surface area contributed by atoms with Crippen LogP contribution < -0.4 is 4.74 Å². The molecule has 1 aromatic heterocycles. The van der Waals surface area contributed by atoms with Gasteiger partial charge in [-0.05, 0) is 61.9 Å². The molecule has 0 fully saturated rings. The third-order valence-electron chi connectivity index (χ3n) is 5.74. The van der Waals surface area contributed by atoms with Crippen LogP contribution in [0.1, 0.15) is 30.9 Å². The van der Waals surface area contributed by atoms with E-state index in [1.165, 1.54) is 30.3 Å². The summed E-state index contributed by atoms with van der Waals surface area (Å²) in [5.74, 6) is -0.415. The van der Waals surface area contributed by atoms with Gasteiger partial charge in [0.1, 0.15) is 16.7 Å². The number of hydrogen-bond acceptors (Lipinski definition) is 5. The Hall–Kier alpha value is -4.22. The van der Waals surface area contributed by atoms with Crippen LogP contribution in [0.15, 0.2) is 88.8 Å². The number of aromatic nitrogens is 2. The van der Waals surface area contributed by atoms with Gasteiger partial charge in [-0.1, -0.05) is 49.2 Å². The van der Waals surface area contributed by atoms with Crippen molar-refractivity contribution < 1.29 is 17.5 Å². The number of benzene rings is 3. The van der Waals surface area contributed by atoms with Crippen LogP contribution in [-0.2, 0) is 9.84 Å². The Balaban J connectivity index is 1.82. The predicted octanol–water partition coefficient (Wildman–Crippen LogP) is 6.50. The highest BCUT2D eigenvalue weighted by atomic mass is 32.2. The van der Waals surface area contributed by atoms with Crippen molar-refractivity contribution in [2.45, 2.75) is 31.6 Å². The first-order chi connectivity index (χ1) is 17.8. The quantitative estimate of drug-likeness (QED) is 0.188. The second-order valence-corrected chi connectivity index (χ2v) is 10.4. The van der Waals surface area contributed by atoms with Crippen molar-refractivity contribution in [1.82, 2.24) is 9.78 Å². The van der Waals surface area contributed by atoms with Crippen LogP contribution in [0.5, 0.6) is 5.75 Å². The summed E-state index contributed by atoms with van der Waals surface area (Å²) < 4.78 is 48.4. The smallest absolute Gasteiger partial charge is 0.216 e. The van der Waals surface area contributed by atoms with E-state index in [9.17, 15) is 18.1 Å². The lowest BCUT2D eigenvalue weighted by molar-refractivity contribution is 0.294. The summed E-state index contributed by atoms with van der Waals surface area (Å²) in [7, 11) is -4.08. The molecule has 0 spiro atoms. The minimum Gasteiger partial charge on any atom is -0.491 e. The standard InChI is InChI=1S/C29H26FN3O3S/c1-3-4-16-36-28-15-12-22(18-27(28)30)29-23(20-33(32-29)24-8-6-5-7-9-24)17-26(19-31)37(34,35)25-13-10-21(2)11-14-25/h5-15,17-18,20H,3-4,16H2,1-2H3/b26-17+. The molecule has 0 unspecified atom stereocenters. The summed E-state index contributed by atoms with van der Waals surface area (Å²) in [5, 5.41) is 14.4. The fourth-order valence-electron chi connectivity index (χ4n) is 3.68. The van der Waals surface area contributed by atoms with Crippen LogP contribution in [0.25, 0.3) is 23.0 Å². The molecule has 4 aromatic rings. The maximum Gasteiger partial charge on any atom is 0.216 e. The molecule has 0 radical (unpaired) electrons. The van der Waals surface area contributed by atoms with Crippen LogP contribution in [0.2, 0.25) is 0 Å². The van der Waals surface area contributed by atoms with Crippen LogP contribution in [0, 0.1) is 24.1 Å². The summed E-state index contributed by atoms with van der Waals surface area (Å²) in [6.07, 6.45) is 4.64. The number of halogens is 1.